The maximum Gasteiger partial charge on any atom is 0.254 e. The van der Waals surface area contributed by atoms with Crippen molar-refractivity contribution in [3.05, 3.63) is 75.7 Å². The molecular formula is C20H18ClN3O3. The summed E-state index contributed by atoms with van der Waals surface area (Å²) in [5, 5.41) is 3.35. The Morgan fingerprint density at radius 3 is 2.44 bits per heavy atom. The second-order valence-corrected chi connectivity index (χ2v) is 6.37. The fraction of sp³-hybridized carbons (Fsp3) is 0.150. The van der Waals surface area contributed by atoms with Crippen molar-refractivity contribution in [2.45, 2.75) is 13.5 Å². The minimum atomic E-state index is -0.330. The van der Waals surface area contributed by atoms with Gasteiger partial charge in [-0.05, 0) is 55.5 Å². The Labute approximate surface area is 161 Å². The van der Waals surface area contributed by atoms with E-state index in [1.165, 1.54) is 10.6 Å². The smallest absolute Gasteiger partial charge is 0.254 e. The lowest BCUT2D eigenvalue weighted by atomic mass is 10.2. The van der Waals surface area contributed by atoms with Crippen LogP contribution in [0.15, 0.2) is 59.4 Å². The third-order valence-corrected chi connectivity index (χ3v) is 4.17. The normalized spacial score (nSPS) is 10.5. The highest BCUT2D eigenvalue weighted by atomic mass is 35.5. The molecule has 7 heteroatoms. The first-order valence-corrected chi connectivity index (χ1v) is 8.62. The molecule has 1 aromatic heterocycles. The molecule has 0 radical (unpaired) electrons. The van der Waals surface area contributed by atoms with Gasteiger partial charge in [-0.1, -0.05) is 11.6 Å². The molecule has 0 aliphatic heterocycles. The lowest BCUT2D eigenvalue weighted by Gasteiger charge is -2.13. The topological polar surface area (TPSA) is 73.2 Å². The summed E-state index contributed by atoms with van der Waals surface area (Å²) in [6, 6.07) is 15.3. The van der Waals surface area contributed by atoms with Crippen molar-refractivity contribution >= 4 is 23.2 Å². The molecule has 2 aromatic carbocycles. The number of hydrogen-bond acceptors (Lipinski definition) is 4. The zero-order chi connectivity index (χ0) is 19.4. The Morgan fingerprint density at radius 2 is 1.81 bits per heavy atom. The molecule has 3 aromatic rings. The molecule has 0 bridgehead atoms. The zero-order valence-electron chi connectivity index (χ0n) is 14.9. The molecule has 0 fully saturated rings. The van der Waals surface area contributed by atoms with Crippen molar-refractivity contribution in [2.75, 3.05) is 12.4 Å². The lowest BCUT2D eigenvalue weighted by molar-refractivity contribution is -0.116. The fourth-order valence-electron chi connectivity index (χ4n) is 2.61. The number of anilines is 1. The number of nitrogens with one attached hydrogen (secondary N) is 1. The summed E-state index contributed by atoms with van der Waals surface area (Å²) >= 11 is 5.94. The van der Waals surface area contributed by atoms with E-state index in [9.17, 15) is 9.59 Å². The predicted molar refractivity (Wildman–Crippen MR) is 105 cm³/mol. The van der Waals surface area contributed by atoms with E-state index in [1.807, 2.05) is 0 Å². The van der Waals surface area contributed by atoms with Crippen LogP contribution in [-0.4, -0.2) is 22.6 Å². The molecule has 1 amide bonds. The zero-order valence-corrected chi connectivity index (χ0v) is 15.7. The Bertz CT molecular complexity index is 1010. The SMILES string of the molecule is COc1ccc(NC(=O)Cn2c(-c3ccc(Cl)cc3)nc(C)cc2=O)cc1. The van der Waals surface area contributed by atoms with Gasteiger partial charge >= 0.3 is 0 Å². The fourth-order valence-corrected chi connectivity index (χ4v) is 2.74. The number of amides is 1. The molecule has 0 saturated heterocycles. The van der Waals surface area contributed by atoms with Crippen molar-refractivity contribution in [3.63, 3.8) is 0 Å². The van der Waals surface area contributed by atoms with Crippen molar-refractivity contribution < 1.29 is 9.53 Å². The third kappa shape index (κ3) is 4.54. The predicted octanol–water partition coefficient (Wildman–Crippen LogP) is 3.52. The van der Waals surface area contributed by atoms with Crippen LogP contribution in [0.5, 0.6) is 5.75 Å². The van der Waals surface area contributed by atoms with E-state index in [1.54, 1.807) is 62.6 Å². The van der Waals surface area contributed by atoms with Gasteiger partial charge in [-0.2, -0.15) is 0 Å². The van der Waals surface area contributed by atoms with Crippen LogP contribution in [0.1, 0.15) is 5.69 Å². The number of hydrogen-bond donors (Lipinski definition) is 1. The van der Waals surface area contributed by atoms with Gasteiger partial charge in [-0.15, -0.1) is 0 Å². The van der Waals surface area contributed by atoms with Gasteiger partial charge in [-0.25, -0.2) is 4.98 Å². The Morgan fingerprint density at radius 1 is 1.15 bits per heavy atom. The Hall–Kier alpha value is -3.12. The van der Waals surface area contributed by atoms with Crippen LogP contribution < -0.4 is 15.6 Å². The number of ether oxygens (including phenoxy) is 1. The standard InChI is InChI=1S/C20H18ClN3O3/c1-13-11-19(26)24(20(22-13)14-3-5-15(21)6-4-14)12-18(25)23-16-7-9-17(27-2)10-8-16/h3-11H,12H2,1-2H3,(H,23,25). The average molecular weight is 384 g/mol. The van der Waals surface area contributed by atoms with Crippen LogP contribution in [0.4, 0.5) is 5.69 Å². The van der Waals surface area contributed by atoms with E-state index in [0.29, 0.717) is 33.5 Å². The number of methoxy groups -OCH3 is 1. The third-order valence-electron chi connectivity index (χ3n) is 3.91. The van der Waals surface area contributed by atoms with Crippen LogP contribution in [0.3, 0.4) is 0 Å². The van der Waals surface area contributed by atoms with Gasteiger partial charge in [0.1, 0.15) is 18.1 Å². The van der Waals surface area contributed by atoms with Crippen molar-refractivity contribution in [1.29, 1.82) is 0 Å². The summed E-state index contributed by atoms with van der Waals surface area (Å²) in [6.45, 7) is 1.58. The maximum absolute atomic E-state index is 12.5. The van der Waals surface area contributed by atoms with E-state index in [2.05, 4.69) is 10.3 Å². The van der Waals surface area contributed by atoms with Gasteiger partial charge in [0.15, 0.2) is 0 Å². The molecule has 1 heterocycles. The van der Waals surface area contributed by atoms with Crippen LogP contribution in [0.2, 0.25) is 5.02 Å². The summed E-state index contributed by atoms with van der Waals surface area (Å²) in [7, 11) is 1.57. The van der Waals surface area contributed by atoms with Crippen molar-refractivity contribution in [3.8, 4) is 17.1 Å². The highest BCUT2D eigenvalue weighted by Gasteiger charge is 2.13. The van der Waals surface area contributed by atoms with Crippen molar-refractivity contribution in [2.24, 2.45) is 0 Å². The number of benzene rings is 2. The quantitative estimate of drug-likeness (QED) is 0.731. The first-order valence-electron chi connectivity index (χ1n) is 8.24. The summed E-state index contributed by atoms with van der Waals surface area (Å²) in [5.74, 6) is 0.779. The largest absolute Gasteiger partial charge is 0.497 e. The maximum atomic E-state index is 12.5. The van der Waals surface area contributed by atoms with Gasteiger partial charge in [0.05, 0.1) is 7.11 Å². The first kappa shape index (κ1) is 18.7. The second kappa shape index (κ2) is 8.05. The number of carbonyl (C=O) groups is 1. The molecule has 27 heavy (non-hydrogen) atoms. The summed E-state index contributed by atoms with van der Waals surface area (Å²) in [4.78, 5) is 29.4. The first-order chi connectivity index (χ1) is 13.0. The molecule has 0 saturated carbocycles. The van der Waals surface area contributed by atoms with E-state index < -0.39 is 0 Å². The molecule has 0 spiro atoms. The second-order valence-electron chi connectivity index (χ2n) is 5.93. The number of rotatable bonds is 5. The number of halogens is 1. The minimum absolute atomic E-state index is 0.157. The van der Waals surface area contributed by atoms with Crippen molar-refractivity contribution in [1.82, 2.24) is 9.55 Å². The van der Waals surface area contributed by atoms with E-state index >= 15 is 0 Å². The molecule has 0 unspecified atom stereocenters. The highest BCUT2D eigenvalue weighted by molar-refractivity contribution is 6.30. The molecule has 3 rings (SSSR count). The molecular weight excluding hydrogens is 366 g/mol. The number of aryl methyl sites for hydroxylation is 1. The molecule has 0 aliphatic rings. The van der Waals surface area contributed by atoms with Crippen LogP contribution in [-0.2, 0) is 11.3 Å². The molecule has 138 valence electrons. The van der Waals surface area contributed by atoms with Gasteiger partial charge < -0.3 is 10.1 Å². The van der Waals surface area contributed by atoms with E-state index in [4.69, 9.17) is 16.3 Å². The number of aromatic nitrogens is 2. The molecule has 6 nitrogen and oxygen atoms in total. The van der Waals surface area contributed by atoms with E-state index in [-0.39, 0.29) is 18.0 Å². The number of nitrogens with zero attached hydrogens (tertiary/aromatic N) is 2. The molecule has 0 atom stereocenters. The average Bonchev–Trinajstić information content (AvgIpc) is 2.65. The van der Waals surface area contributed by atoms with Gasteiger partial charge in [0, 0.05) is 28.0 Å². The Balaban J connectivity index is 1.88. The minimum Gasteiger partial charge on any atom is -0.497 e. The molecule has 1 N–H and O–H groups in total. The summed E-state index contributed by atoms with van der Waals surface area (Å²) in [5.41, 5.74) is 1.61. The summed E-state index contributed by atoms with van der Waals surface area (Å²) < 4.78 is 6.44. The van der Waals surface area contributed by atoms with Crippen LogP contribution >= 0.6 is 11.6 Å². The molecule has 0 aliphatic carbocycles. The van der Waals surface area contributed by atoms with Gasteiger partial charge in [0.25, 0.3) is 5.56 Å². The van der Waals surface area contributed by atoms with Gasteiger partial charge in [0.2, 0.25) is 5.91 Å². The van der Waals surface area contributed by atoms with E-state index in [0.717, 1.165) is 0 Å². The summed E-state index contributed by atoms with van der Waals surface area (Å²) in [6.07, 6.45) is 0. The number of carbonyl (C=O) groups excluding carboxylic acids is 1. The highest BCUT2D eigenvalue weighted by Crippen LogP contribution is 2.20. The van der Waals surface area contributed by atoms with Crippen LogP contribution in [0.25, 0.3) is 11.4 Å². The monoisotopic (exact) mass is 383 g/mol. The lowest BCUT2D eigenvalue weighted by Crippen LogP contribution is -2.29. The van der Waals surface area contributed by atoms with Crippen LogP contribution in [0, 0.1) is 6.92 Å². The Kier molecular flexibility index (Phi) is 5.57. The van der Waals surface area contributed by atoms with Gasteiger partial charge in [-0.3, -0.25) is 14.2 Å².